The maximum absolute atomic E-state index is 12.9. The van der Waals surface area contributed by atoms with Gasteiger partial charge in [0.25, 0.3) is 5.91 Å². The lowest BCUT2D eigenvalue weighted by molar-refractivity contribution is 0.0893. The summed E-state index contributed by atoms with van der Waals surface area (Å²) >= 11 is 0. The second kappa shape index (κ2) is 7.08. The number of halogens is 1. The Balaban J connectivity index is 2.73. The summed E-state index contributed by atoms with van der Waals surface area (Å²) in [5.74, 6) is -0.581. The van der Waals surface area contributed by atoms with Crippen molar-refractivity contribution in [3.63, 3.8) is 0 Å². The molecule has 3 N–H and O–H groups in total. The monoisotopic (exact) mass is 254 g/mol. The number of rotatable bonds is 6. The molecule has 1 aromatic carbocycles. The van der Waals surface area contributed by atoms with Gasteiger partial charge in [0, 0.05) is 12.7 Å². The molecule has 0 aromatic heterocycles. The minimum Gasteiger partial charge on any atom is -0.383 e. The van der Waals surface area contributed by atoms with Crippen LogP contribution < -0.4 is 11.1 Å². The van der Waals surface area contributed by atoms with Gasteiger partial charge in [-0.2, -0.15) is 0 Å². The van der Waals surface area contributed by atoms with E-state index in [1.54, 1.807) is 14.0 Å². The molecular weight excluding hydrogens is 235 g/mol. The molecule has 1 atom stereocenters. The molecule has 1 rings (SSSR count). The Morgan fingerprint density at radius 2 is 2.28 bits per heavy atom. The van der Waals surface area contributed by atoms with Crippen molar-refractivity contribution in [2.75, 3.05) is 20.3 Å². The third kappa shape index (κ3) is 4.09. The van der Waals surface area contributed by atoms with E-state index in [2.05, 4.69) is 5.32 Å². The Kier molecular flexibility index (Phi) is 5.74. The van der Waals surface area contributed by atoms with E-state index >= 15 is 0 Å². The van der Waals surface area contributed by atoms with Crippen LogP contribution in [0.5, 0.6) is 0 Å². The van der Waals surface area contributed by atoms with Crippen molar-refractivity contribution in [2.24, 2.45) is 5.73 Å². The van der Waals surface area contributed by atoms with Crippen molar-refractivity contribution in [2.45, 2.75) is 19.4 Å². The Morgan fingerprint density at radius 1 is 1.56 bits per heavy atom. The van der Waals surface area contributed by atoms with E-state index < -0.39 is 0 Å². The second-order valence-corrected chi connectivity index (χ2v) is 4.16. The number of nitrogens with two attached hydrogens (primary N) is 1. The predicted molar refractivity (Wildman–Crippen MR) is 67.9 cm³/mol. The summed E-state index contributed by atoms with van der Waals surface area (Å²) in [6.07, 6.45) is 0.639. The van der Waals surface area contributed by atoms with Gasteiger partial charge in [0.1, 0.15) is 5.82 Å². The molecule has 0 radical (unpaired) electrons. The van der Waals surface area contributed by atoms with Crippen molar-refractivity contribution < 1.29 is 13.9 Å². The third-order valence-corrected chi connectivity index (χ3v) is 2.65. The van der Waals surface area contributed by atoms with E-state index in [9.17, 15) is 9.18 Å². The maximum atomic E-state index is 12.9. The summed E-state index contributed by atoms with van der Waals surface area (Å²) in [5, 5.41) is 2.83. The average Bonchev–Trinajstić information content (AvgIpc) is 2.29. The van der Waals surface area contributed by atoms with Crippen molar-refractivity contribution >= 4 is 5.91 Å². The van der Waals surface area contributed by atoms with Gasteiger partial charge in [0.05, 0.1) is 12.6 Å². The van der Waals surface area contributed by atoms with Crippen LogP contribution in [0.1, 0.15) is 22.3 Å². The van der Waals surface area contributed by atoms with Gasteiger partial charge < -0.3 is 15.8 Å². The fourth-order valence-electron chi connectivity index (χ4n) is 1.74. The van der Waals surface area contributed by atoms with Gasteiger partial charge in [-0.15, -0.1) is 0 Å². The molecule has 0 heterocycles. The molecular formula is C13H19FN2O2. The van der Waals surface area contributed by atoms with E-state index in [0.29, 0.717) is 30.7 Å². The molecule has 0 spiro atoms. The molecule has 100 valence electrons. The number of aryl methyl sites for hydroxylation is 1. The number of amides is 1. The number of hydrogen-bond donors (Lipinski definition) is 2. The van der Waals surface area contributed by atoms with Crippen LogP contribution in [0.2, 0.25) is 0 Å². The zero-order valence-corrected chi connectivity index (χ0v) is 10.7. The van der Waals surface area contributed by atoms with Gasteiger partial charge in [-0.3, -0.25) is 4.79 Å². The van der Waals surface area contributed by atoms with Crippen LogP contribution in [0.15, 0.2) is 18.2 Å². The number of carbonyl (C=O) groups excluding carboxylic acids is 1. The van der Waals surface area contributed by atoms with E-state index in [1.165, 1.54) is 18.2 Å². The smallest absolute Gasteiger partial charge is 0.251 e. The lowest BCUT2D eigenvalue weighted by Crippen LogP contribution is -2.39. The Labute approximate surface area is 106 Å². The largest absolute Gasteiger partial charge is 0.383 e. The fourth-order valence-corrected chi connectivity index (χ4v) is 1.74. The fraction of sp³-hybridized carbons (Fsp3) is 0.462. The van der Waals surface area contributed by atoms with Crippen LogP contribution in [-0.2, 0) is 4.74 Å². The van der Waals surface area contributed by atoms with Crippen LogP contribution in [0, 0.1) is 12.7 Å². The van der Waals surface area contributed by atoms with Gasteiger partial charge >= 0.3 is 0 Å². The normalized spacial score (nSPS) is 12.2. The highest BCUT2D eigenvalue weighted by molar-refractivity contribution is 5.95. The summed E-state index contributed by atoms with van der Waals surface area (Å²) in [4.78, 5) is 12.0. The first-order valence-corrected chi connectivity index (χ1v) is 5.84. The van der Waals surface area contributed by atoms with Gasteiger partial charge in [0.2, 0.25) is 0 Å². The minimum atomic E-state index is -0.348. The first-order chi connectivity index (χ1) is 8.58. The molecule has 0 aliphatic heterocycles. The molecule has 0 bridgehead atoms. The molecule has 0 aliphatic rings. The molecule has 4 nitrogen and oxygen atoms in total. The maximum Gasteiger partial charge on any atom is 0.251 e. The topological polar surface area (TPSA) is 64.3 Å². The number of carbonyl (C=O) groups is 1. The van der Waals surface area contributed by atoms with Crippen LogP contribution >= 0.6 is 0 Å². The summed E-state index contributed by atoms with van der Waals surface area (Å²) in [7, 11) is 1.57. The zero-order chi connectivity index (χ0) is 13.5. The molecule has 1 amide bonds. The molecule has 5 heteroatoms. The van der Waals surface area contributed by atoms with Crippen LogP contribution in [-0.4, -0.2) is 32.2 Å². The average molecular weight is 254 g/mol. The highest BCUT2D eigenvalue weighted by Crippen LogP contribution is 2.10. The van der Waals surface area contributed by atoms with E-state index in [-0.39, 0.29) is 17.8 Å². The van der Waals surface area contributed by atoms with Crippen molar-refractivity contribution in [1.29, 1.82) is 0 Å². The first-order valence-electron chi connectivity index (χ1n) is 5.84. The van der Waals surface area contributed by atoms with Crippen LogP contribution in [0.25, 0.3) is 0 Å². The van der Waals surface area contributed by atoms with E-state index in [4.69, 9.17) is 10.5 Å². The number of methoxy groups -OCH3 is 1. The first kappa shape index (κ1) is 14.6. The predicted octanol–water partition coefficient (Wildman–Crippen LogP) is 1.23. The zero-order valence-electron chi connectivity index (χ0n) is 10.7. The number of hydrogen-bond acceptors (Lipinski definition) is 3. The quantitative estimate of drug-likeness (QED) is 0.802. The minimum absolute atomic E-state index is 0.128. The summed E-state index contributed by atoms with van der Waals surface area (Å²) in [6.45, 7) is 2.58. The van der Waals surface area contributed by atoms with Gasteiger partial charge in [-0.1, -0.05) is 0 Å². The lowest BCUT2D eigenvalue weighted by atomic mass is 10.1. The third-order valence-electron chi connectivity index (χ3n) is 2.65. The lowest BCUT2D eigenvalue weighted by Gasteiger charge is -2.17. The summed E-state index contributed by atoms with van der Waals surface area (Å²) < 4.78 is 18.0. The van der Waals surface area contributed by atoms with Crippen molar-refractivity contribution in [3.05, 3.63) is 35.1 Å². The van der Waals surface area contributed by atoms with Gasteiger partial charge in [-0.05, 0) is 43.7 Å². The highest BCUT2D eigenvalue weighted by Gasteiger charge is 2.14. The van der Waals surface area contributed by atoms with E-state index in [1.807, 2.05) is 0 Å². The van der Waals surface area contributed by atoms with Crippen LogP contribution in [0.4, 0.5) is 4.39 Å². The van der Waals surface area contributed by atoms with Gasteiger partial charge in [-0.25, -0.2) is 4.39 Å². The molecule has 0 saturated heterocycles. The Morgan fingerprint density at radius 3 is 2.83 bits per heavy atom. The molecule has 0 fully saturated rings. The van der Waals surface area contributed by atoms with Gasteiger partial charge in [0.15, 0.2) is 0 Å². The molecule has 1 unspecified atom stereocenters. The standard InChI is InChI=1S/C13H19FN2O2/c1-9-7-10(14)3-4-12(9)13(17)16-11(5-6-15)8-18-2/h3-4,7,11H,5-6,8,15H2,1-2H3,(H,16,17). The Hall–Kier alpha value is -1.46. The molecule has 18 heavy (non-hydrogen) atoms. The van der Waals surface area contributed by atoms with Crippen molar-refractivity contribution in [3.8, 4) is 0 Å². The Bertz CT molecular complexity index is 404. The van der Waals surface area contributed by atoms with Crippen LogP contribution in [0.3, 0.4) is 0 Å². The molecule has 0 saturated carbocycles. The highest BCUT2D eigenvalue weighted by atomic mass is 19.1. The van der Waals surface area contributed by atoms with E-state index in [0.717, 1.165) is 0 Å². The number of nitrogens with one attached hydrogen (secondary N) is 1. The summed E-state index contributed by atoms with van der Waals surface area (Å²) in [6, 6.07) is 3.96. The van der Waals surface area contributed by atoms with Crippen molar-refractivity contribution in [1.82, 2.24) is 5.32 Å². The summed E-state index contributed by atoms with van der Waals surface area (Å²) in [5.41, 5.74) is 6.54. The second-order valence-electron chi connectivity index (χ2n) is 4.16. The number of benzene rings is 1. The number of ether oxygens (including phenoxy) is 1. The molecule has 0 aliphatic carbocycles. The molecule has 1 aromatic rings. The SMILES string of the molecule is COCC(CCN)NC(=O)c1ccc(F)cc1C.